The molecule has 132 valence electrons. The molecule has 0 radical (unpaired) electrons. The van der Waals surface area contributed by atoms with Gasteiger partial charge in [-0.3, -0.25) is 9.69 Å². The molecule has 1 saturated heterocycles. The Morgan fingerprint density at radius 2 is 1.88 bits per heavy atom. The zero-order valence-corrected chi connectivity index (χ0v) is 14.3. The van der Waals surface area contributed by atoms with Crippen molar-refractivity contribution in [2.24, 2.45) is 5.92 Å². The lowest BCUT2D eigenvalue weighted by molar-refractivity contribution is -0.142. The van der Waals surface area contributed by atoms with E-state index in [1.165, 1.54) is 37.9 Å². The molecule has 0 amide bonds. The number of anilines is 2. The Bertz CT molecular complexity index is 562. The minimum absolute atomic E-state index is 0.174. The van der Waals surface area contributed by atoms with Gasteiger partial charge in [-0.1, -0.05) is 12.5 Å². The third-order valence-corrected chi connectivity index (χ3v) is 5.41. The maximum absolute atomic E-state index is 11.0. The summed E-state index contributed by atoms with van der Waals surface area (Å²) in [7, 11) is 0. The zero-order valence-electron chi connectivity index (χ0n) is 14.3. The van der Waals surface area contributed by atoms with E-state index >= 15 is 0 Å². The minimum Gasteiger partial charge on any atom is -0.481 e. The molecule has 5 heteroatoms. The lowest BCUT2D eigenvalue weighted by Gasteiger charge is -2.29. The first kappa shape index (κ1) is 17.1. The summed E-state index contributed by atoms with van der Waals surface area (Å²) in [5, 5.41) is 12.6. The van der Waals surface area contributed by atoms with Crippen LogP contribution in [0.15, 0.2) is 18.2 Å². The first-order valence-corrected chi connectivity index (χ1v) is 9.22. The molecule has 3 rings (SSSR count). The molecule has 0 unspecified atom stereocenters. The van der Waals surface area contributed by atoms with Crippen molar-refractivity contribution in [1.29, 1.82) is 0 Å². The summed E-state index contributed by atoms with van der Waals surface area (Å²) in [6.07, 6.45) is 7.24. The molecule has 1 aliphatic heterocycles. The van der Waals surface area contributed by atoms with Gasteiger partial charge in [0.1, 0.15) is 0 Å². The summed E-state index contributed by atoms with van der Waals surface area (Å²) in [4.78, 5) is 13.5. The summed E-state index contributed by atoms with van der Waals surface area (Å²) in [6, 6.07) is 6.66. The van der Waals surface area contributed by atoms with Gasteiger partial charge in [0.15, 0.2) is 0 Å². The fraction of sp³-hybridized carbons (Fsp3) is 0.632. The minimum atomic E-state index is -0.657. The summed E-state index contributed by atoms with van der Waals surface area (Å²) < 4.78 is 0. The number of nitrogens with zero attached hydrogens (tertiary/aromatic N) is 1. The van der Waals surface area contributed by atoms with E-state index in [4.69, 9.17) is 10.8 Å². The second-order valence-corrected chi connectivity index (χ2v) is 7.29. The molecule has 1 aromatic carbocycles. The summed E-state index contributed by atoms with van der Waals surface area (Å²) in [5.41, 5.74) is 9.30. The quantitative estimate of drug-likeness (QED) is 0.722. The number of hydrogen-bond acceptors (Lipinski definition) is 4. The molecule has 24 heavy (non-hydrogen) atoms. The SMILES string of the molecule is Nc1cc(CN2CCCCC2)ccc1NC1CCC(C(=O)O)CC1. The standard InChI is InChI=1S/C19H29N3O2/c20-17-12-14(13-22-10-2-1-3-11-22)4-9-18(17)21-16-7-5-15(6-8-16)19(23)24/h4,9,12,15-16,21H,1-3,5-8,10-11,13,20H2,(H,23,24). The normalized spacial score (nSPS) is 25.3. The van der Waals surface area contributed by atoms with Crippen molar-refractivity contribution < 1.29 is 9.90 Å². The van der Waals surface area contributed by atoms with Gasteiger partial charge in [0.05, 0.1) is 17.3 Å². The van der Waals surface area contributed by atoms with Crippen LogP contribution < -0.4 is 11.1 Å². The van der Waals surface area contributed by atoms with E-state index in [1.807, 2.05) is 0 Å². The fourth-order valence-electron chi connectivity index (χ4n) is 3.92. The van der Waals surface area contributed by atoms with Gasteiger partial charge in [-0.05, 0) is 69.3 Å². The van der Waals surface area contributed by atoms with Gasteiger partial charge in [-0.25, -0.2) is 0 Å². The van der Waals surface area contributed by atoms with Crippen LogP contribution in [0.3, 0.4) is 0 Å². The largest absolute Gasteiger partial charge is 0.481 e. The second kappa shape index (κ2) is 7.88. The molecule has 1 aromatic rings. The molecule has 0 bridgehead atoms. The number of carboxylic acids is 1. The maximum Gasteiger partial charge on any atom is 0.306 e. The van der Waals surface area contributed by atoms with Crippen molar-refractivity contribution >= 4 is 17.3 Å². The molecular weight excluding hydrogens is 302 g/mol. The van der Waals surface area contributed by atoms with E-state index in [0.29, 0.717) is 6.04 Å². The van der Waals surface area contributed by atoms with Gasteiger partial charge in [-0.2, -0.15) is 0 Å². The summed E-state index contributed by atoms with van der Waals surface area (Å²) in [6.45, 7) is 3.35. The Labute approximate surface area is 144 Å². The van der Waals surface area contributed by atoms with Gasteiger partial charge < -0.3 is 16.2 Å². The third-order valence-electron chi connectivity index (χ3n) is 5.41. The predicted octanol–water partition coefficient (Wildman–Crippen LogP) is 3.31. The van der Waals surface area contributed by atoms with E-state index < -0.39 is 5.97 Å². The van der Waals surface area contributed by atoms with E-state index in [9.17, 15) is 4.79 Å². The van der Waals surface area contributed by atoms with Crippen LogP contribution in [0.1, 0.15) is 50.5 Å². The maximum atomic E-state index is 11.0. The Morgan fingerprint density at radius 1 is 1.17 bits per heavy atom. The molecule has 2 aliphatic rings. The van der Waals surface area contributed by atoms with Crippen molar-refractivity contribution in [3.05, 3.63) is 23.8 Å². The van der Waals surface area contributed by atoms with Gasteiger partial charge in [0, 0.05) is 12.6 Å². The number of carbonyl (C=O) groups is 1. The number of nitrogens with one attached hydrogen (secondary N) is 1. The van der Waals surface area contributed by atoms with Crippen LogP contribution >= 0.6 is 0 Å². The van der Waals surface area contributed by atoms with Crippen molar-refractivity contribution in [3.8, 4) is 0 Å². The van der Waals surface area contributed by atoms with Crippen LogP contribution in [-0.4, -0.2) is 35.1 Å². The van der Waals surface area contributed by atoms with Crippen molar-refractivity contribution in [2.75, 3.05) is 24.1 Å². The lowest BCUT2D eigenvalue weighted by Crippen LogP contribution is -2.30. The molecule has 0 atom stereocenters. The van der Waals surface area contributed by atoms with Crippen LogP contribution in [0.4, 0.5) is 11.4 Å². The number of rotatable bonds is 5. The van der Waals surface area contributed by atoms with Crippen LogP contribution in [0, 0.1) is 5.92 Å². The number of aliphatic carboxylic acids is 1. The monoisotopic (exact) mass is 331 g/mol. The predicted molar refractivity (Wildman–Crippen MR) is 97.0 cm³/mol. The first-order valence-electron chi connectivity index (χ1n) is 9.22. The topological polar surface area (TPSA) is 78.6 Å². The Kier molecular flexibility index (Phi) is 5.61. The first-order chi connectivity index (χ1) is 11.6. The third kappa shape index (κ3) is 4.41. The average molecular weight is 331 g/mol. The number of likely N-dealkylation sites (tertiary alicyclic amines) is 1. The van der Waals surface area contributed by atoms with Gasteiger partial charge >= 0.3 is 5.97 Å². The second-order valence-electron chi connectivity index (χ2n) is 7.29. The Balaban J connectivity index is 1.54. The molecular formula is C19H29N3O2. The van der Waals surface area contributed by atoms with Gasteiger partial charge in [0.2, 0.25) is 0 Å². The molecule has 5 nitrogen and oxygen atoms in total. The highest BCUT2D eigenvalue weighted by atomic mass is 16.4. The molecule has 1 heterocycles. The molecule has 4 N–H and O–H groups in total. The number of piperidine rings is 1. The Morgan fingerprint density at radius 3 is 2.50 bits per heavy atom. The van der Waals surface area contributed by atoms with E-state index in [1.54, 1.807) is 0 Å². The van der Waals surface area contributed by atoms with E-state index in [2.05, 4.69) is 28.4 Å². The molecule has 0 aromatic heterocycles. The van der Waals surface area contributed by atoms with Crippen LogP contribution in [0.5, 0.6) is 0 Å². The molecule has 0 spiro atoms. The molecule has 1 aliphatic carbocycles. The van der Waals surface area contributed by atoms with Crippen LogP contribution in [0.2, 0.25) is 0 Å². The highest BCUT2D eigenvalue weighted by molar-refractivity contribution is 5.70. The van der Waals surface area contributed by atoms with E-state index in [-0.39, 0.29) is 5.92 Å². The number of benzene rings is 1. The van der Waals surface area contributed by atoms with Crippen molar-refractivity contribution in [1.82, 2.24) is 4.90 Å². The van der Waals surface area contributed by atoms with Crippen molar-refractivity contribution in [2.45, 2.75) is 57.5 Å². The number of hydrogen-bond donors (Lipinski definition) is 3. The van der Waals surface area contributed by atoms with Crippen molar-refractivity contribution in [3.63, 3.8) is 0 Å². The Hall–Kier alpha value is -1.75. The number of nitrogens with two attached hydrogens (primary N) is 1. The van der Waals surface area contributed by atoms with Gasteiger partial charge in [-0.15, -0.1) is 0 Å². The lowest BCUT2D eigenvalue weighted by atomic mass is 9.86. The fourth-order valence-corrected chi connectivity index (χ4v) is 3.92. The molecule has 1 saturated carbocycles. The smallest absolute Gasteiger partial charge is 0.306 e. The highest BCUT2D eigenvalue weighted by Crippen LogP contribution is 2.29. The van der Waals surface area contributed by atoms with Gasteiger partial charge in [0.25, 0.3) is 0 Å². The zero-order chi connectivity index (χ0) is 16.9. The number of carboxylic acid groups (broad SMARTS) is 1. The molecule has 2 fully saturated rings. The average Bonchev–Trinajstić information content (AvgIpc) is 2.59. The van der Waals surface area contributed by atoms with E-state index in [0.717, 1.165) is 43.6 Å². The number of nitrogen functional groups attached to an aromatic ring is 1. The summed E-state index contributed by atoms with van der Waals surface area (Å²) >= 11 is 0. The highest BCUT2D eigenvalue weighted by Gasteiger charge is 2.26. The van der Waals surface area contributed by atoms with Crippen LogP contribution in [0.25, 0.3) is 0 Å². The summed E-state index contributed by atoms with van der Waals surface area (Å²) in [5.74, 6) is -0.831. The van der Waals surface area contributed by atoms with Crippen LogP contribution in [-0.2, 0) is 11.3 Å².